The van der Waals surface area contributed by atoms with Crippen LogP contribution in [0.1, 0.15) is 27.1 Å². The van der Waals surface area contributed by atoms with Crippen LogP contribution >= 0.6 is 11.6 Å². The van der Waals surface area contributed by atoms with Gasteiger partial charge in [-0.2, -0.15) is 0 Å². The quantitative estimate of drug-likeness (QED) is 0.616. The predicted molar refractivity (Wildman–Crippen MR) is 91.8 cm³/mol. The number of esters is 2. The number of methoxy groups -OCH3 is 1. The summed E-state index contributed by atoms with van der Waals surface area (Å²) in [4.78, 5) is 35.0. The zero-order valence-electron chi connectivity index (χ0n) is 13.8. The number of rotatable bonds is 6. The van der Waals surface area contributed by atoms with Crippen LogP contribution in [-0.2, 0) is 9.53 Å². The van der Waals surface area contributed by atoms with Gasteiger partial charge in [0.05, 0.1) is 29.7 Å². The van der Waals surface area contributed by atoms with E-state index in [1.807, 2.05) is 0 Å². The molecule has 0 bridgehead atoms. The topological polar surface area (TPSA) is 81.7 Å². The lowest BCUT2D eigenvalue weighted by atomic mass is 10.2. The van der Waals surface area contributed by atoms with Crippen molar-refractivity contribution >= 4 is 29.4 Å². The molecule has 0 heterocycles. The molecule has 2 rings (SSSR count). The molecule has 2 aromatic carbocycles. The highest BCUT2D eigenvalue weighted by Crippen LogP contribution is 2.17. The predicted octanol–water partition coefficient (Wildman–Crippen LogP) is 2.99. The summed E-state index contributed by atoms with van der Waals surface area (Å²) in [5.41, 5.74) is 0.440. The van der Waals surface area contributed by atoms with E-state index in [0.717, 1.165) is 12.1 Å². The first-order chi connectivity index (χ1) is 12.4. The summed E-state index contributed by atoms with van der Waals surface area (Å²) < 4.78 is 22.6. The Hall–Kier alpha value is -2.93. The molecule has 0 aromatic heterocycles. The maximum atomic E-state index is 13.0. The van der Waals surface area contributed by atoms with E-state index in [2.05, 4.69) is 10.1 Å². The average molecular weight is 380 g/mol. The van der Waals surface area contributed by atoms with E-state index in [-0.39, 0.29) is 29.3 Å². The standard InChI is InChI=1S/C18H15ClFNO5/c1-25-18(24)11-2-5-13(6-3-11)26-16(22)8-9-21-17(23)14-7-4-12(20)10-15(14)19/h2-7,10H,8-9H2,1H3,(H,21,23). The van der Waals surface area contributed by atoms with E-state index in [4.69, 9.17) is 16.3 Å². The van der Waals surface area contributed by atoms with Crippen molar-refractivity contribution in [3.8, 4) is 5.75 Å². The number of ether oxygens (including phenoxy) is 2. The van der Waals surface area contributed by atoms with Crippen molar-refractivity contribution in [1.29, 1.82) is 0 Å². The number of hydrogen-bond donors (Lipinski definition) is 1. The Balaban J connectivity index is 1.81. The molecular formula is C18H15ClFNO5. The second-order valence-electron chi connectivity index (χ2n) is 5.12. The van der Waals surface area contributed by atoms with Gasteiger partial charge in [0.1, 0.15) is 11.6 Å². The highest BCUT2D eigenvalue weighted by atomic mass is 35.5. The second-order valence-corrected chi connectivity index (χ2v) is 5.53. The summed E-state index contributed by atoms with van der Waals surface area (Å²) in [5, 5.41) is 2.48. The van der Waals surface area contributed by atoms with Gasteiger partial charge in [0.25, 0.3) is 5.91 Å². The summed E-state index contributed by atoms with van der Waals surface area (Å²) in [6.45, 7) is 0.0195. The summed E-state index contributed by atoms with van der Waals surface area (Å²) in [7, 11) is 1.27. The minimum Gasteiger partial charge on any atom is -0.465 e. The molecule has 0 aliphatic carbocycles. The monoisotopic (exact) mass is 379 g/mol. The van der Waals surface area contributed by atoms with Gasteiger partial charge < -0.3 is 14.8 Å². The summed E-state index contributed by atoms with van der Waals surface area (Å²) in [6, 6.07) is 9.26. The third kappa shape index (κ3) is 5.29. The van der Waals surface area contributed by atoms with Crippen molar-refractivity contribution in [2.45, 2.75) is 6.42 Å². The molecule has 0 radical (unpaired) electrons. The largest absolute Gasteiger partial charge is 0.465 e. The molecule has 0 aliphatic heterocycles. The Kier molecular flexibility index (Phi) is 6.68. The van der Waals surface area contributed by atoms with Crippen molar-refractivity contribution in [1.82, 2.24) is 5.32 Å². The molecule has 1 amide bonds. The smallest absolute Gasteiger partial charge is 0.337 e. The lowest BCUT2D eigenvalue weighted by Crippen LogP contribution is -2.27. The van der Waals surface area contributed by atoms with Crippen molar-refractivity contribution in [2.24, 2.45) is 0 Å². The van der Waals surface area contributed by atoms with Crippen LogP contribution in [-0.4, -0.2) is 31.5 Å². The highest BCUT2D eigenvalue weighted by Gasteiger charge is 2.12. The third-order valence-electron chi connectivity index (χ3n) is 3.30. The molecule has 26 heavy (non-hydrogen) atoms. The molecule has 0 aliphatic rings. The fraction of sp³-hybridized carbons (Fsp3) is 0.167. The van der Waals surface area contributed by atoms with Gasteiger partial charge in [-0.1, -0.05) is 11.6 Å². The lowest BCUT2D eigenvalue weighted by molar-refractivity contribution is -0.134. The van der Waals surface area contributed by atoms with Crippen molar-refractivity contribution < 1.29 is 28.2 Å². The van der Waals surface area contributed by atoms with Gasteiger partial charge in [-0.15, -0.1) is 0 Å². The molecule has 2 aromatic rings. The maximum Gasteiger partial charge on any atom is 0.337 e. The number of amides is 1. The van der Waals surface area contributed by atoms with Gasteiger partial charge >= 0.3 is 11.9 Å². The minimum atomic E-state index is -0.568. The van der Waals surface area contributed by atoms with Crippen LogP contribution in [0.5, 0.6) is 5.75 Å². The second kappa shape index (κ2) is 8.96. The normalized spacial score (nSPS) is 10.1. The zero-order valence-corrected chi connectivity index (χ0v) is 14.5. The number of nitrogens with one attached hydrogen (secondary N) is 1. The summed E-state index contributed by atoms with van der Waals surface area (Å²) in [6.07, 6.45) is -0.0801. The number of carbonyl (C=O) groups excluding carboxylic acids is 3. The first-order valence-electron chi connectivity index (χ1n) is 7.53. The molecule has 8 heteroatoms. The molecule has 0 saturated carbocycles. The molecule has 0 unspecified atom stereocenters. The van der Waals surface area contributed by atoms with Gasteiger partial charge in [-0.3, -0.25) is 9.59 Å². The first-order valence-corrected chi connectivity index (χ1v) is 7.91. The molecule has 6 nitrogen and oxygen atoms in total. The van der Waals surface area contributed by atoms with Crippen LogP contribution in [0.15, 0.2) is 42.5 Å². The summed E-state index contributed by atoms with van der Waals surface area (Å²) >= 11 is 5.79. The van der Waals surface area contributed by atoms with Crippen LogP contribution in [0, 0.1) is 5.82 Å². The van der Waals surface area contributed by atoms with E-state index in [0.29, 0.717) is 5.56 Å². The van der Waals surface area contributed by atoms with Gasteiger partial charge in [0, 0.05) is 6.54 Å². The maximum absolute atomic E-state index is 13.0. The number of hydrogen-bond acceptors (Lipinski definition) is 5. The number of carbonyl (C=O) groups is 3. The van der Waals surface area contributed by atoms with E-state index in [1.54, 1.807) is 0 Å². The van der Waals surface area contributed by atoms with Gasteiger partial charge in [-0.25, -0.2) is 9.18 Å². The van der Waals surface area contributed by atoms with Crippen molar-refractivity contribution in [2.75, 3.05) is 13.7 Å². The van der Waals surface area contributed by atoms with E-state index in [1.165, 1.54) is 37.4 Å². The molecule has 0 fully saturated rings. The number of benzene rings is 2. The minimum absolute atomic E-state index is 0.0178. The Morgan fingerprint density at radius 2 is 1.81 bits per heavy atom. The SMILES string of the molecule is COC(=O)c1ccc(OC(=O)CCNC(=O)c2ccc(F)cc2Cl)cc1. The Labute approximate surface area is 153 Å². The molecule has 0 saturated heterocycles. The average Bonchev–Trinajstić information content (AvgIpc) is 2.61. The third-order valence-corrected chi connectivity index (χ3v) is 3.61. The fourth-order valence-electron chi connectivity index (χ4n) is 2.01. The van der Waals surface area contributed by atoms with E-state index in [9.17, 15) is 18.8 Å². The van der Waals surface area contributed by atoms with Gasteiger partial charge in [0.2, 0.25) is 0 Å². The Bertz CT molecular complexity index is 823. The zero-order chi connectivity index (χ0) is 19.1. The molecule has 1 N–H and O–H groups in total. The lowest BCUT2D eigenvalue weighted by Gasteiger charge is -2.07. The van der Waals surface area contributed by atoms with Crippen LogP contribution in [0.3, 0.4) is 0 Å². The molecule has 0 atom stereocenters. The van der Waals surface area contributed by atoms with E-state index >= 15 is 0 Å². The fourth-order valence-corrected chi connectivity index (χ4v) is 2.26. The molecular weight excluding hydrogens is 365 g/mol. The highest BCUT2D eigenvalue weighted by molar-refractivity contribution is 6.33. The van der Waals surface area contributed by atoms with Crippen molar-refractivity contribution in [3.63, 3.8) is 0 Å². The molecule has 0 spiro atoms. The van der Waals surface area contributed by atoms with Crippen LogP contribution in [0.25, 0.3) is 0 Å². The molecule has 136 valence electrons. The van der Waals surface area contributed by atoms with Gasteiger partial charge in [-0.05, 0) is 42.5 Å². The first kappa shape index (κ1) is 19.4. The van der Waals surface area contributed by atoms with Crippen LogP contribution < -0.4 is 10.1 Å². The number of halogens is 2. The van der Waals surface area contributed by atoms with Crippen molar-refractivity contribution in [3.05, 3.63) is 64.4 Å². The van der Waals surface area contributed by atoms with Gasteiger partial charge in [0.15, 0.2) is 0 Å². The summed E-state index contributed by atoms with van der Waals surface area (Å²) in [5.74, 6) is -1.87. The Morgan fingerprint density at radius 1 is 1.12 bits per heavy atom. The van der Waals surface area contributed by atoms with Crippen LogP contribution in [0.2, 0.25) is 5.02 Å². The van der Waals surface area contributed by atoms with Crippen LogP contribution in [0.4, 0.5) is 4.39 Å². The van der Waals surface area contributed by atoms with E-state index < -0.39 is 23.7 Å². The Morgan fingerprint density at radius 3 is 2.42 bits per heavy atom.